The average molecular weight is 368 g/mol. The first kappa shape index (κ1) is 17.7. The standard InChI is InChI=1S/C19H18ClN5O/c1-11-3-6-14(20)9-16(11)17-10-18(24-19(21)23-17)22-15-7-4-13(5-8-15)12(2)25-26/h3-10,26H,1-2H3,(H3,21,22,23,24)/b25-12-. The first-order chi connectivity index (χ1) is 12.5. The van der Waals surface area contributed by atoms with Gasteiger partial charge in [0.15, 0.2) is 0 Å². The van der Waals surface area contributed by atoms with Crippen molar-refractivity contribution in [1.82, 2.24) is 9.97 Å². The Bertz CT molecular complexity index is 970. The average Bonchev–Trinajstić information content (AvgIpc) is 2.63. The largest absolute Gasteiger partial charge is 0.411 e. The summed E-state index contributed by atoms with van der Waals surface area (Å²) in [6.07, 6.45) is 0. The molecule has 0 aliphatic carbocycles. The van der Waals surface area contributed by atoms with E-state index in [0.717, 1.165) is 22.4 Å². The Hall–Kier alpha value is -3.12. The molecule has 0 aliphatic heterocycles. The molecule has 1 aromatic heterocycles. The number of nitrogens with two attached hydrogens (primary N) is 1. The highest BCUT2D eigenvalue weighted by Gasteiger charge is 2.09. The van der Waals surface area contributed by atoms with Crippen LogP contribution in [0.5, 0.6) is 0 Å². The molecule has 0 atom stereocenters. The minimum absolute atomic E-state index is 0.171. The number of nitrogens with one attached hydrogen (secondary N) is 1. The van der Waals surface area contributed by atoms with E-state index in [2.05, 4.69) is 20.4 Å². The van der Waals surface area contributed by atoms with E-state index in [1.165, 1.54) is 0 Å². The molecule has 0 aliphatic rings. The summed E-state index contributed by atoms with van der Waals surface area (Å²) < 4.78 is 0. The number of hydrogen-bond donors (Lipinski definition) is 3. The second-order valence-electron chi connectivity index (χ2n) is 5.84. The van der Waals surface area contributed by atoms with Gasteiger partial charge in [0.1, 0.15) is 5.82 Å². The number of halogens is 1. The lowest BCUT2D eigenvalue weighted by molar-refractivity contribution is 0.319. The summed E-state index contributed by atoms with van der Waals surface area (Å²) in [5.74, 6) is 0.747. The van der Waals surface area contributed by atoms with Gasteiger partial charge >= 0.3 is 0 Å². The lowest BCUT2D eigenvalue weighted by atomic mass is 10.1. The zero-order valence-electron chi connectivity index (χ0n) is 14.4. The molecule has 0 unspecified atom stereocenters. The summed E-state index contributed by atoms with van der Waals surface area (Å²) in [6, 6.07) is 14.9. The lowest BCUT2D eigenvalue weighted by Gasteiger charge is -2.11. The van der Waals surface area contributed by atoms with Gasteiger partial charge in [-0.15, -0.1) is 0 Å². The van der Waals surface area contributed by atoms with Crippen LogP contribution in [0.25, 0.3) is 11.3 Å². The van der Waals surface area contributed by atoms with Crippen molar-refractivity contribution in [2.24, 2.45) is 5.16 Å². The predicted octanol–water partition coefficient (Wildman–Crippen LogP) is 4.63. The van der Waals surface area contributed by atoms with E-state index >= 15 is 0 Å². The van der Waals surface area contributed by atoms with Crippen LogP contribution >= 0.6 is 11.6 Å². The molecule has 0 radical (unpaired) electrons. The number of nitrogens with zero attached hydrogens (tertiary/aromatic N) is 3. The Morgan fingerprint density at radius 1 is 1.12 bits per heavy atom. The lowest BCUT2D eigenvalue weighted by Crippen LogP contribution is -2.02. The van der Waals surface area contributed by atoms with Crippen molar-refractivity contribution in [3.8, 4) is 11.3 Å². The van der Waals surface area contributed by atoms with Crippen molar-refractivity contribution in [2.75, 3.05) is 11.1 Å². The molecule has 7 heteroatoms. The third-order valence-electron chi connectivity index (χ3n) is 3.94. The second kappa shape index (κ2) is 7.41. The molecule has 0 fully saturated rings. The summed E-state index contributed by atoms with van der Waals surface area (Å²) in [6.45, 7) is 3.72. The van der Waals surface area contributed by atoms with Gasteiger partial charge in [0, 0.05) is 22.3 Å². The molecule has 3 rings (SSSR count). The molecule has 26 heavy (non-hydrogen) atoms. The smallest absolute Gasteiger partial charge is 0.222 e. The summed E-state index contributed by atoms with van der Waals surface area (Å²) in [4.78, 5) is 8.56. The van der Waals surface area contributed by atoms with E-state index in [-0.39, 0.29) is 5.95 Å². The number of oxime groups is 1. The molecule has 0 saturated carbocycles. The van der Waals surface area contributed by atoms with Gasteiger partial charge < -0.3 is 16.3 Å². The van der Waals surface area contributed by atoms with Gasteiger partial charge in [-0.25, -0.2) is 4.98 Å². The normalized spacial score (nSPS) is 11.4. The molecule has 3 aromatic rings. The van der Waals surface area contributed by atoms with Gasteiger partial charge in [0.05, 0.1) is 11.4 Å². The Kier molecular flexibility index (Phi) is 5.04. The first-order valence-corrected chi connectivity index (χ1v) is 8.31. The maximum absolute atomic E-state index is 8.84. The van der Waals surface area contributed by atoms with Crippen LogP contribution in [0.3, 0.4) is 0 Å². The van der Waals surface area contributed by atoms with Crippen molar-refractivity contribution < 1.29 is 5.21 Å². The van der Waals surface area contributed by atoms with Gasteiger partial charge in [0.25, 0.3) is 0 Å². The summed E-state index contributed by atoms with van der Waals surface area (Å²) in [5, 5.41) is 15.9. The van der Waals surface area contributed by atoms with E-state index in [1.54, 1.807) is 6.92 Å². The van der Waals surface area contributed by atoms with Crippen LogP contribution in [0.1, 0.15) is 18.1 Å². The summed E-state index contributed by atoms with van der Waals surface area (Å²) in [7, 11) is 0. The predicted molar refractivity (Wildman–Crippen MR) is 105 cm³/mol. The van der Waals surface area contributed by atoms with Gasteiger partial charge in [0.2, 0.25) is 5.95 Å². The molecule has 6 nitrogen and oxygen atoms in total. The van der Waals surface area contributed by atoms with E-state index in [9.17, 15) is 0 Å². The van der Waals surface area contributed by atoms with E-state index in [0.29, 0.717) is 22.2 Å². The van der Waals surface area contributed by atoms with Gasteiger partial charge in [-0.2, -0.15) is 4.98 Å². The Labute approximate surface area is 156 Å². The van der Waals surface area contributed by atoms with Crippen molar-refractivity contribution in [1.29, 1.82) is 0 Å². The van der Waals surface area contributed by atoms with E-state index in [1.807, 2.05) is 55.5 Å². The minimum atomic E-state index is 0.171. The molecule has 0 amide bonds. The number of aryl methyl sites for hydroxylation is 1. The van der Waals surface area contributed by atoms with Crippen LogP contribution in [0, 0.1) is 6.92 Å². The molecular formula is C19H18ClN5O. The number of nitrogen functional groups attached to an aromatic ring is 1. The summed E-state index contributed by atoms with van der Waals surface area (Å²) >= 11 is 6.11. The van der Waals surface area contributed by atoms with Crippen LogP contribution in [-0.4, -0.2) is 20.9 Å². The van der Waals surface area contributed by atoms with Crippen molar-refractivity contribution in [2.45, 2.75) is 13.8 Å². The third kappa shape index (κ3) is 3.92. The molecule has 0 spiro atoms. The number of anilines is 3. The first-order valence-electron chi connectivity index (χ1n) is 7.93. The SMILES string of the molecule is C/C(=N/O)c1ccc(Nc2cc(-c3cc(Cl)ccc3C)nc(N)n2)cc1. The van der Waals surface area contributed by atoms with Crippen LogP contribution < -0.4 is 11.1 Å². The molecule has 2 aromatic carbocycles. The molecular weight excluding hydrogens is 350 g/mol. The molecule has 4 N–H and O–H groups in total. The molecule has 0 bridgehead atoms. The summed E-state index contributed by atoms with van der Waals surface area (Å²) in [5.41, 5.74) is 10.7. The fourth-order valence-corrected chi connectivity index (χ4v) is 2.71. The molecule has 1 heterocycles. The number of rotatable bonds is 4. The van der Waals surface area contributed by atoms with Gasteiger partial charge in [-0.1, -0.05) is 35.0 Å². The second-order valence-corrected chi connectivity index (χ2v) is 6.28. The topological polar surface area (TPSA) is 96.4 Å². The van der Waals surface area contributed by atoms with Crippen LogP contribution in [0.15, 0.2) is 53.7 Å². The van der Waals surface area contributed by atoms with E-state index < -0.39 is 0 Å². The fraction of sp³-hybridized carbons (Fsp3) is 0.105. The fourth-order valence-electron chi connectivity index (χ4n) is 2.54. The Morgan fingerprint density at radius 2 is 1.85 bits per heavy atom. The molecule has 0 saturated heterocycles. The van der Waals surface area contributed by atoms with Crippen LogP contribution in [-0.2, 0) is 0 Å². The number of aromatic nitrogens is 2. The van der Waals surface area contributed by atoms with Gasteiger partial charge in [-0.05, 0) is 49.2 Å². The van der Waals surface area contributed by atoms with Crippen LogP contribution in [0.2, 0.25) is 5.02 Å². The number of hydrogen-bond acceptors (Lipinski definition) is 6. The maximum Gasteiger partial charge on any atom is 0.222 e. The Morgan fingerprint density at radius 3 is 2.54 bits per heavy atom. The van der Waals surface area contributed by atoms with Crippen molar-refractivity contribution in [3.05, 3.63) is 64.7 Å². The quantitative estimate of drug-likeness (QED) is 0.355. The number of benzene rings is 2. The zero-order chi connectivity index (χ0) is 18.7. The van der Waals surface area contributed by atoms with Crippen molar-refractivity contribution in [3.63, 3.8) is 0 Å². The highest BCUT2D eigenvalue weighted by molar-refractivity contribution is 6.30. The minimum Gasteiger partial charge on any atom is -0.411 e. The van der Waals surface area contributed by atoms with E-state index in [4.69, 9.17) is 22.5 Å². The Balaban J connectivity index is 1.92. The maximum atomic E-state index is 8.84. The van der Waals surface area contributed by atoms with Crippen molar-refractivity contribution >= 4 is 34.8 Å². The highest BCUT2D eigenvalue weighted by Crippen LogP contribution is 2.28. The highest BCUT2D eigenvalue weighted by atomic mass is 35.5. The van der Waals surface area contributed by atoms with Gasteiger partial charge in [-0.3, -0.25) is 0 Å². The molecule has 132 valence electrons. The zero-order valence-corrected chi connectivity index (χ0v) is 15.1. The monoisotopic (exact) mass is 367 g/mol. The third-order valence-corrected chi connectivity index (χ3v) is 4.18. The van der Waals surface area contributed by atoms with Crippen LogP contribution in [0.4, 0.5) is 17.5 Å².